The second-order valence-corrected chi connectivity index (χ2v) is 4.96. The Labute approximate surface area is 96.0 Å². The van der Waals surface area contributed by atoms with Gasteiger partial charge in [-0.3, -0.25) is 0 Å². The molecular weight excluding hydrogens is 319 g/mol. The van der Waals surface area contributed by atoms with Gasteiger partial charge in [0.25, 0.3) is 0 Å². The number of hydrogen-bond acceptors (Lipinski definition) is 1. The molecule has 0 radical (unpaired) electrons. The molecule has 0 saturated carbocycles. The van der Waals surface area contributed by atoms with E-state index in [9.17, 15) is 4.39 Å². The summed E-state index contributed by atoms with van der Waals surface area (Å²) in [7, 11) is 0. The molecule has 1 aromatic carbocycles. The predicted octanol–water partition coefficient (Wildman–Crippen LogP) is 4.70. The quantitative estimate of drug-likeness (QED) is 0.667. The summed E-state index contributed by atoms with van der Waals surface area (Å²) in [5, 5.41) is 3.40. The Kier molecular flexibility index (Phi) is 2.72. The fraction of sp³-hybridized carbons (Fsp3) is 0.111. The van der Waals surface area contributed by atoms with E-state index in [0.29, 0.717) is 10.9 Å². The zero-order chi connectivity index (χ0) is 9.42. The highest BCUT2D eigenvalue weighted by Crippen LogP contribution is 2.33. The van der Waals surface area contributed by atoms with Gasteiger partial charge in [-0.1, -0.05) is 31.9 Å². The van der Waals surface area contributed by atoms with Crippen LogP contribution in [-0.4, -0.2) is 0 Å². The first kappa shape index (κ1) is 9.62. The van der Waals surface area contributed by atoms with E-state index in [1.54, 1.807) is 0 Å². The molecule has 0 aliphatic rings. The van der Waals surface area contributed by atoms with E-state index in [2.05, 4.69) is 31.9 Å². The number of fused-ring (bicyclic) bond motifs is 1. The van der Waals surface area contributed by atoms with Crippen molar-refractivity contribution in [2.45, 2.75) is 5.33 Å². The van der Waals surface area contributed by atoms with Gasteiger partial charge in [-0.25, -0.2) is 4.39 Å². The zero-order valence-corrected chi connectivity index (χ0v) is 10.5. The van der Waals surface area contributed by atoms with Crippen molar-refractivity contribution in [1.82, 2.24) is 0 Å². The third kappa shape index (κ3) is 1.55. The highest BCUT2D eigenvalue weighted by Gasteiger charge is 2.10. The number of thiophene rings is 1. The molecule has 0 atom stereocenters. The fourth-order valence-electron chi connectivity index (χ4n) is 1.20. The van der Waals surface area contributed by atoms with Crippen molar-refractivity contribution in [3.63, 3.8) is 0 Å². The lowest BCUT2D eigenvalue weighted by Crippen LogP contribution is -1.86. The number of benzene rings is 1. The standard InChI is InChI=1S/C9H5Br2FS/c10-4-5-3-7(11)6-1-2-13-9(6)8(5)12/h1-3H,4H2. The maximum Gasteiger partial charge on any atom is 0.145 e. The molecule has 0 aliphatic carbocycles. The van der Waals surface area contributed by atoms with Crippen LogP contribution >= 0.6 is 43.2 Å². The molecule has 0 N–H and O–H groups in total. The van der Waals surface area contributed by atoms with Gasteiger partial charge < -0.3 is 0 Å². The first-order valence-corrected chi connectivity index (χ1v) is 6.43. The Morgan fingerprint density at radius 2 is 2.23 bits per heavy atom. The smallest absolute Gasteiger partial charge is 0.145 e. The van der Waals surface area contributed by atoms with E-state index in [1.807, 2.05) is 17.5 Å². The molecule has 0 nitrogen and oxygen atoms in total. The van der Waals surface area contributed by atoms with Crippen LogP contribution in [0.3, 0.4) is 0 Å². The van der Waals surface area contributed by atoms with Crippen LogP contribution in [0.1, 0.15) is 5.56 Å². The minimum atomic E-state index is -0.106. The zero-order valence-electron chi connectivity index (χ0n) is 6.48. The van der Waals surface area contributed by atoms with Crippen LogP contribution in [-0.2, 0) is 5.33 Å². The highest BCUT2D eigenvalue weighted by molar-refractivity contribution is 9.10. The van der Waals surface area contributed by atoms with Crippen LogP contribution < -0.4 is 0 Å². The fourth-order valence-corrected chi connectivity index (χ4v) is 3.23. The second-order valence-electron chi connectivity index (χ2n) is 2.63. The predicted molar refractivity (Wildman–Crippen MR) is 62.1 cm³/mol. The van der Waals surface area contributed by atoms with Gasteiger partial charge >= 0.3 is 0 Å². The second kappa shape index (κ2) is 3.67. The van der Waals surface area contributed by atoms with E-state index < -0.39 is 0 Å². The maximum absolute atomic E-state index is 13.6. The molecular formula is C9H5Br2FS. The highest BCUT2D eigenvalue weighted by atomic mass is 79.9. The number of halogens is 3. The number of hydrogen-bond donors (Lipinski definition) is 0. The lowest BCUT2D eigenvalue weighted by molar-refractivity contribution is 0.631. The number of rotatable bonds is 1. The van der Waals surface area contributed by atoms with Crippen LogP contribution in [0.5, 0.6) is 0 Å². The minimum Gasteiger partial charge on any atom is -0.205 e. The first-order chi connectivity index (χ1) is 6.24. The Hall–Kier alpha value is 0.0700. The molecule has 2 aromatic rings. The SMILES string of the molecule is Fc1c(CBr)cc(Br)c2ccsc12. The largest absolute Gasteiger partial charge is 0.205 e. The molecule has 1 heterocycles. The van der Waals surface area contributed by atoms with E-state index in [0.717, 1.165) is 14.6 Å². The monoisotopic (exact) mass is 322 g/mol. The van der Waals surface area contributed by atoms with Crippen molar-refractivity contribution in [3.05, 3.63) is 33.4 Å². The molecule has 0 bridgehead atoms. The molecule has 68 valence electrons. The molecule has 0 aliphatic heterocycles. The van der Waals surface area contributed by atoms with Gasteiger partial charge in [-0.05, 0) is 17.5 Å². The van der Waals surface area contributed by atoms with E-state index in [1.165, 1.54) is 11.3 Å². The lowest BCUT2D eigenvalue weighted by atomic mass is 10.2. The summed E-state index contributed by atoms with van der Waals surface area (Å²) in [6.07, 6.45) is 0. The molecule has 0 amide bonds. The Balaban J connectivity index is 2.85. The molecule has 13 heavy (non-hydrogen) atoms. The average molecular weight is 324 g/mol. The summed E-state index contributed by atoms with van der Waals surface area (Å²) < 4.78 is 15.3. The molecule has 0 fully saturated rings. The van der Waals surface area contributed by atoms with Crippen LogP contribution in [0.15, 0.2) is 22.0 Å². The third-order valence-corrected chi connectivity index (χ3v) is 4.02. The van der Waals surface area contributed by atoms with Crippen molar-refractivity contribution >= 4 is 53.3 Å². The van der Waals surface area contributed by atoms with Gasteiger partial charge in [-0.15, -0.1) is 11.3 Å². The first-order valence-electron chi connectivity index (χ1n) is 3.64. The Morgan fingerprint density at radius 3 is 2.92 bits per heavy atom. The summed E-state index contributed by atoms with van der Waals surface area (Å²) >= 11 is 8.11. The van der Waals surface area contributed by atoms with Crippen LogP contribution in [0.2, 0.25) is 0 Å². The summed E-state index contributed by atoms with van der Waals surface area (Å²) in [6.45, 7) is 0. The van der Waals surface area contributed by atoms with E-state index in [-0.39, 0.29) is 5.82 Å². The van der Waals surface area contributed by atoms with Crippen molar-refractivity contribution in [2.75, 3.05) is 0 Å². The summed E-state index contributed by atoms with van der Waals surface area (Å²) in [6, 6.07) is 3.74. The van der Waals surface area contributed by atoms with E-state index >= 15 is 0 Å². The van der Waals surface area contributed by atoms with Gasteiger partial charge in [0.05, 0.1) is 4.70 Å². The van der Waals surface area contributed by atoms with Gasteiger partial charge in [0.1, 0.15) is 5.82 Å². The lowest BCUT2D eigenvalue weighted by Gasteiger charge is -2.01. The van der Waals surface area contributed by atoms with Crippen molar-refractivity contribution < 1.29 is 4.39 Å². The van der Waals surface area contributed by atoms with Gasteiger partial charge in [0.2, 0.25) is 0 Å². The van der Waals surface area contributed by atoms with E-state index in [4.69, 9.17) is 0 Å². The molecule has 0 spiro atoms. The Bertz CT molecular complexity index is 450. The number of alkyl halides is 1. The Morgan fingerprint density at radius 1 is 1.46 bits per heavy atom. The normalized spacial score (nSPS) is 11.0. The van der Waals surface area contributed by atoms with Gasteiger partial charge in [-0.2, -0.15) is 0 Å². The third-order valence-electron chi connectivity index (χ3n) is 1.85. The molecule has 0 saturated heterocycles. The minimum absolute atomic E-state index is 0.106. The summed E-state index contributed by atoms with van der Waals surface area (Å²) in [5.74, 6) is -0.106. The average Bonchev–Trinajstić information content (AvgIpc) is 2.60. The van der Waals surface area contributed by atoms with Crippen LogP contribution in [0.25, 0.3) is 10.1 Å². The van der Waals surface area contributed by atoms with Gasteiger partial charge in [0.15, 0.2) is 0 Å². The molecule has 2 rings (SSSR count). The molecule has 0 unspecified atom stereocenters. The van der Waals surface area contributed by atoms with Crippen LogP contribution in [0, 0.1) is 5.82 Å². The molecule has 4 heteroatoms. The van der Waals surface area contributed by atoms with Crippen molar-refractivity contribution in [1.29, 1.82) is 0 Å². The van der Waals surface area contributed by atoms with Crippen LogP contribution in [0.4, 0.5) is 4.39 Å². The topological polar surface area (TPSA) is 0 Å². The van der Waals surface area contributed by atoms with Crippen molar-refractivity contribution in [2.24, 2.45) is 0 Å². The maximum atomic E-state index is 13.6. The summed E-state index contributed by atoms with van der Waals surface area (Å²) in [5.41, 5.74) is 0.696. The van der Waals surface area contributed by atoms with Gasteiger partial charge in [0, 0.05) is 20.8 Å². The molecule has 1 aromatic heterocycles. The summed E-state index contributed by atoms with van der Waals surface area (Å²) in [4.78, 5) is 0. The van der Waals surface area contributed by atoms with Crippen molar-refractivity contribution in [3.8, 4) is 0 Å².